The number of carbonyl (C=O) groups is 1. The van der Waals surface area contributed by atoms with Crippen molar-refractivity contribution in [1.82, 2.24) is 10.3 Å². The zero-order chi connectivity index (χ0) is 9.97. The Morgan fingerprint density at radius 1 is 1.43 bits per heavy atom. The van der Waals surface area contributed by atoms with Crippen molar-refractivity contribution in [3.8, 4) is 11.3 Å². The average Bonchev–Trinajstić information content (AvgIpc) is 2.71. The summed E-state index contributed by atoms with van der Waals surface area (Å²) in [6.45, 7) is 0. The van der Waals surface area contributed by atoms with Crippen LogP contribution in [0, 0.1) is 0 Å². The molecule has 1 aromatic carbocycles. The summed E-state index contributed by atoms with van der Waals surface area (Å²) in [6, 6.07) is 6.42. The highest BCUT2D eigenvalue weighted by molar-refractivity contribution is 5.89. The third-order valence-corrected chi connectivity index (χ3v) is 1.77. The third kappa shape index (κ3) is 1.47. The molecular weight excluding hydrogens is 184 g/mol. The van der Waals surface area contributed by atoms with Gasteiger partial charge < -0.3 is 5.11 Å². The lowest BCUT2D eigenvalue weighted by Crippen LogP contribution is -1.95. The fraction of sp³-hybridized carbons (Fsp3) is 0. The first-order valence-electron chi connectivity index (χ1n) is 3.88. The van der Waals surface area contributed by atoms with E-state index in [4.69, 9.17) is 5.11 Å². The molecule has 0 bridgehead atoms. The maximum atomic E-state index is 10.7. The topological polar surface area (TPSA) is 76.2 Å². The molecule has 5 nitrogen and oxygen atoms in total. The molecule has 0 unspecified atom stereocenters. The van der Waals surface area contributed by atoms with E-state index in [-0.39, 0.29) is 5.56 Å². The van der Waals surface area contributed by atoms with Gasteiger partial charge in [-0.05, 0) is 17.3 Å². The van der Waals surface area contributed by atoms with E-state index in [1.54, 1.807) is 12.1 Å². The SMILES string of the molecule is O=C(O)c1cccc(-c2cnon2)c1. The summed E-state index contributed by atoms with van der Waals surface area (Å²) in [5.74, 6) is -0.969. The number of hydrogen-bond donors (Lipinski definition) is 1. The lowest BCUT2D eigenvalue weighted by molar-refractivity contribution is 0.0697. The van der Waals surface area contributed by atoms with Crippen LogP contribution >= 0.6 is 0 Å². The van der Waals surface area contributed by atoms with Crippen LogP contribution < -0.4 is 0 Å². The molecule has 0 fully saturated rings. The van der Waals surface area contributed by atoms with Crippen LogP contribution in [0.4, 0.5) is 0 Å². The van der Waals surface area contributed by atoms with E-state index >= 15 is 0 Å². The van der Waals surface area contributed by atoms with Crippen LogP contribution in [0.25, 0.3) is 11.3 Å². The van der Waals surface area contributed by atoms with Gasteiger partial charge in [0.1, 0.15) is 5.69 Å². The summed E-state index contributed by atoms with van der Waals surface area (Å²) in [7, 11) is 0. The van der Waals surface area contributed by atoms with E-state index in [9.17, 15) is 4.79 Å². The highest BCUT2D eigenvalue weighted by atomic mass is 16.6. The summed E-state index contributed by atoms with van der Waals surface area (Å²) < 4.78 is 4.42. The number of hydrogen-bond acceptors (Lipinski definition) is 4. The quantitative estimate of drug-likeness (QED) is 0.775. The predicted molar refractivity (Wildman–Crippen MR) is 46.7 cm³/mol. The first kappa shape index (κ1) is 8.43. The Labute approximate surface area is 78.9 Å². The summed E-state index contributed by atoms with van der Waals surface area (Å²) in [4.78, 5) is 10.7. The van der Waals surface area contributed by atoms with Crippen LogP contribution in [0.3, 0.4) is 0 Å². The molecule has 0 atom stereocenters. The van der Waals surface area contributed by atoms with E-state index < -0.39 is 5.97 Å². The molecule has 0 saturated heterocycles. The van der Waals surface area contributed by atoms with Crippen LogP contribution in [0.1, 0.15) is 10.4 Å². The zero-order valence-corrected chi connectivity index (χ0v) is 7.04. The maximum Gasteiger partial charge on any atom is 0.335 e. The Bertz CT molecular complexity index is 451. The molecule has 0 aliphatic rings. The third-order valence-electron chi connectivity index (χ3n) is 1.77. The molecule has 0 aliphatic heterocycles. The monoisotopic (exact) mass is 190 g/mol. The Morgan fingerprint density at radius 2 is 2.29 bits per heavy atom. The van der Waals surface area contributed by atoms with Gasteiger partial charge in [-0.15, -0.1) is 0 Å². The van der Waals surface area contributed by atoms with Gasteiger partial charge in [0.15, 0.2) is 0 Å². The van der Waals surface area contributed by atoms with E-state index in [1.807, 2.05) is 0 Å². The van der Waals surface area contributed by atoms with Crippen LogP contribution in [0.2, 0.25) is 0 Å². The molecule has 0 aliphatic carbocycles. The fourth-order valence-corrected chi connectivity index (χ4v) is 1.10. The van der Waals surface area contributed by atoms with Crippen LogP contribution in [-0.2, 0) is 0 Å². The van der Waals surface area contributed by atoms with Crippen LogP contribution in [0.15, 0.2) is 35.1 Å². The molecule has 2 aromatic rings. The van der Waals surface area contributed by atoms with E-state index in [0.29, 0.717) is 11.3 Å². The van der Waals surface area contributed by atoms with Crippen molar-refractivity contribution >= 4 is 5.97 Å². The highest BCUT2D eigenvalue weighted by Crippen LogP contribution is 2.16. The lowest BCUT2D eigenvalue weighted by atomic mass is 10.1. The number of benzene rings is 1. The standard InChI is InChI=1S/C9H6N2O3/c12-9(13)7-3-1-2-6(4-7)8-5-10-14-11-8/h1-5H,(H,12,13). The van der Waals surface area contributed by atoms with E-state index in [0.717, 1.165) is 0 Å². The molecule has 1 N–H and O–H groups in total. The number of aromatic nitrogens is 2. The number of carboxylic acid groups (broad SMARTS) is 1. The largest absolute Gasteiger partial charge is 0.478 e. The van der Waals surface area contributed by atoms with Crippen LogP contribution in [0.5, 0.6) is 0 Å². The molecule has 1 aromatic heterocycles. The van der Waals surface area contributed by atoms with Crippen molar-refractivity contribution in [1.29, 1.82) is 0 Å². The summed E-state index contributed by atoms with van der Waals surface area (Å²) in [5.41, 5.74) is 1.41. The molecule has 14 heavy (non-hydrogen) atoms. The van der Waals surface area contributed by atoms with Crippen molar-refractivity contribution in [2.24, 2.45) is 0 Å². The normalized spacial score (nSPS) is 10.0. The van der Waals surface area contributed by atoms with Gasteiger partial charge in [-0.3, -0.25) is 0 Å². The minimum Gasteiger partial charge on any atom is -0.478 e. The molecule has 70 valence electrons. The van der Waals surface area contributed by atoms with Crippen LogP contribution in [-0.4, -0.2) is 21.4 Å². The molecule has 1 heterocycles. The number of aromatic carboxylic acids is 1. The second kappa shape index (κ2) is 3.29. The Kier molecular flexibility index (Phi) is 1.98. The molecule has 0 radical (unpaired) electrons. The second-order valence-electron chi connectivity index (χ2n) is 2.68. The summed E-state index contributed by atoms with van der Waals surface area (Å²) in [6.07, 6.45) is 1.43. The van der Waals surface area contributed by atoms with Gasteiger partial charge in [0, 0.05) is 5.56 Å². The van der Waals surface area contributed by atoms with Gasteiger partial charge in [0.25, 0.3) is 0 Å². The van der Waals surface area contributed by atoms with Gasteiger partial charge in [0.2, 0.25) is 0 Å². The molecule has 0 spiro atoms. The van der Waals surface area contributed by atoms with Crippen molar-refractivity contribution < 1.29 is 14.5 Å². The second-order valence-corrected chi connectivity index (χ2v) is 2.68. The zero-order valence-electron chi connectivity index (χ0n) is 7.04. The smallest absolute Gasteiger partial charge is 0.335 e. The molecule has 0 amide bonds. The molecule has 2 rings (SSSR count). The Balaban J connectivity index is 2.46. The van der Waals surface area contributed by atoms with Gasteiger partial charge in [-0.1, -0.05) is 17.3 Å². The fourth-order valence-electron chi connectivity index (χ4n) is 1.10. The van der Waals surface area contributed by atoms with Gasteiger partial charge >= 0.3 is 5.97 Å². The maximum absolute atomic E-state index is 10.7. The minimum absolute atomic E-state index is 0.213. The number of nitrogens with zero attached hydrogens (tertiary/aromatic N) is 2. The first-order chi connectivity index (χ1) is 6.77. The van der Waals surface area contributed by atoms with Crippen molar-refractivity contribution in [2.45, 2.75) is 0 Å². The molecular formula is C9H6N2O3. The summed E-state index contributed by atoms with van der Waals surface area (Å²) >= 11 is 0. The minimum atomic E-state index is -0.969. The highest BCUT2D eigenvalue weighted by Gasteiger charge is 2.06. The predicted octanol–water partition coefficient (Wildman–Crippen LogP) is 1.43. The Hall–Kier alpha value is -2.17. The van der Waals surface area contributed by atoms with E-state index in [1.165, 1.54) is 18.3 Å². The van der Waals surface area contributed by atoms with Crippen molar-refractivity contribution in [3.63, 3.8) is 0 Å². The van der Waals surface area contributed by atoms with Crippen molar-refractivity contribution in [3.05, 3.63) is 36.0 Å². The van der Waals surface area contributed by atoms with Gasteiger partial charge in [0.05, 0.1) is 11.8 Å². The Morgan fingerprint density at radius 3 is 2.93 bits per heavy atom. The molecule has 0 saturated carbocycles. The van der Waals surface area contributed by atoms with Gasteiger partial charge in [-0.2, -0.15) is 0 Å². The van der Waals surface area contributed by atoms with E-state index in [2.05, 4.69) is 14.9 Å². The lowest BCUT2D eigenvalue weighted by Gasteiger charge is -1.96. The average molecular weight is 190 g/mol. The van der Waals surface area contributed by atoms with Gasteiger partial charge in [-0.25, -0.2) is 9.42 Å². The van der Waals surface area contributed by atoms with Crippen molar-refractivity contribution in [2.75, 3.05) is 0 Å². The number of rotatable bonds is 2. The number of carboxylic acids is 1. The first-order valence-corrected chi connectivity index (χ1v) is 3.88. The summed E-state index contributed by atoms with van der Waals surface area (Å²) in [5, 5.41) is 15.8. The molecule has 5 heteroatoms.